The van der Waals surface area contributed by atoms with Crippen molar-refractivity contribution in [1.29, 1.82) is 0 Å². The van der Waals surface area contributed by atoms with Crippen LogP contribution in [0, 0.1) is 13.8 Å². The summed E-state index contributed by atoms with van der Waals surface area (Å²) < 4.78 is 8.74. The Balaban J connectivity index is 1.64. The highest BCUT2D eigenvalue weighted by atomic mass is 35.5. The van der Waals surface area contributed by atoms with Gasteiger partial charge in [-0.05, 0) is 75.6 Å². The Kier molecular flexibility index (Phi) is 9.38. The molecule has 2 N–H and O–H groups in total. The quantitative estimate of drug-likeness (QED) is 0.426. The molecule has 0 fully saturated rings. The number of rotatable bonds is 9. The van der Waals surface area contributed by atoms with Crippen LogP contribution in [-0.2, 0) is 49.1 Å². The van der Waals surface area contributed by atoms with E-state index in [2.05, 4.69) is 15.7 Å². The van der Waals surface area contributed by atoms with Gasteiger partial charge in [0.15, 0.2) is 0 Å². The van der Waals surface area contributed by atoms with E-state index in [1.165, 1.54) is 0 Å². The van der Waals surface area contributed by atoms with Crippen LogP contribution < -0.4 is 16.2 Å². The first-order valence-corrected chi connectivity index (χ1v) is 12.9. The zero-order valence-corrected chi connectivity index (χ0v) is 23.6. The summed E-state index contributed by atoms with van der Waals surface area (Å²) in [6.45, 7) is 10.0. The number of alkyl carbamates (subject to hydrolysis) is 1. The number of halogens is 1. The van der Waals surface area contributed by atoms with Crippen molar-refractivity contribution in [3.63, 3.8) is 0 Å². The predicted octanol–water partition coefficient (Wildman–Crippen LogP) is 3.98. The van der Waals surface area contributed by atoms with Gasteiger partial charge in [0.05, 0.1) is 12.1 Å². The summed E-state index contributed by atoms with van der Waals surface area (Å²) in [5, 5.41) is 10.5. The minimum Gasteiger partial charge on any atom is -0.444 e. The molecule has 2 amide bonds. The van der Waals surface area contributed by atoms with E-state index < -0.39 is 11.7 Å². The first-order chi connectivity index (χ1) is 17.8. The van der Waals surface area contributed by atoms with Crippen LogP contribution in [0.2, 0.25) is 5.02 Å². The summed E-state index contributed by atoms with van der Waals surface area (Å²) >= 11 is 6.18. The monoisotopic (exact) mass is 541 g/mol. The molecule has 3 rings (SSSR count). The first kappa shape index (κ1) is 29.0. The summed E-state index contributed by atoms with van der Waals surface area (Å²) in [5.41, 5.74) is 3.97. The van der Waals surface area contributed by atoms with Crippen LogP contribution >= 0.6 is 11.6 Å². The Morgan fingerprint density at radius 3 is 2.42 bits per heavy atom. The van der Waals surface area contributed by atoms with Crippen molar-refractivity contribution >= 4 is 23.6 Å². The van der Waals surface area contributed by atoms with E-state index in [1.807, 2.05) is 37.7 Å². The second-order valence-corrected chi connectivity index (χ2v) is 10.8. The average Bonchev–Trinajstić information content (AvgIpc) is 3.14. The number of ether oxygens (including phenoxy) is 1. The third kappa shape index (κ3) is 8.21. The number of hydrogen-bond acceptors (Lipinski definition) is 5. The van der Waals surface area contributed by atoms with E-state index in [-0.39, 0.29) is 31.0 Å². The molecule has 0 unspecified atom stereocenters. The highest BCUT2D eigenvalue weighted by molar-refractivity contribution is 6.30. The van der Waals surface area contributed by atoms with Gasteiger partial charge in [-0.15, -0.1) is 0 Å². The largest absolute Gasteiger partial charge is 0.444 e. The molecule has 0 spiro atoms. The van der Waals surface area contributed by atoms with E-state index in [1.54, 1.807) is 49.7 Å². The maximum Gasteiger partial charge on any atom is 0.407 e. The van der Waals surface area contributed by atoms with Crippen LogP contribution in [0.1, 0.15) is 54.4 Å². The molecule has 0 aliphatic carbocycles. The van der Waals surface area contributed by atoms with E-state index in [0.717, 1.165) is 28.1 Å². The lowest BCUT2D eigenvalue weighted by atomic mass is 10.1. The average molecular weight is 542 g/mol. The third-order valence-electron chi connectivity index (χ3n) is 6.01. The van der Waals surface area contributed by atoms with Crippen LogP contribution in [0.25, 0.3) is 0 Å². The Bertz CT molecular complexity index is 1370. The van der Waals surface area contributed by atoms with Gasteiger partial charge in [-0.1, -0.05) is 17.7 Å². The van der Waals surface area contributed by atoms with Crippen molar-refractivity contribution in [3.05, 3.63) is 85.5 Å². The number of nitrogens with one attached hydrogen (secondary N) is 2. The van der Waals surface area contributed by atoms with Crippen molar-refractivity contribution in [2.24, 2.45) is 7.05 Å². The Labute approximate surface area is 228 Å². The normalized spacial score (nSPS) is 11.3. The molecule has 0 saturated carbocycles. The van der Waals surface area contributed by atoms with Crippen molar-refractivity contribution < 1.29 is 14.3 Å². The number of aromatic nitrogens is 3. The highest BCUT2D eigenvalue weighted by Crippen LogP contribution is 2.17. The second kappa shape index (κ2) is 12.3. The highest BCUT2D eigenvalue weighted by Gasteiger charge is 2.17. The van der Waals surface area contributed by atoms with Crippen LogP contribution in [0.4, 0.5) is 4.79 Å². The summed E-state index contributed by atoms with van der Waals surface area (Å²) in [4.78, 5) is 38.1. The topological polar surface area (TPSA) is 107 Å². The zero-order valence-electron chi connectivity index (χ0n) is 22.9. The van der Waals surface area contributed by atoms with Crippen molar-refractivity contribution in [2.75, 3.05) is 0 Å². The number of aryl methyl sites for hydroxylation is 5. The molecule has 0 saturated heterocycles. The van der Waals surface area contributed by atoms with Gasteiger partial charge in [-0.3, -0.25) is 14.3 Å². The Morgan fingerprint density at radius 1 is 1.05 bits per heavy atom. The van der Waals surface area contributed by atoms with Crippen LogP contribution in [0.5, 0.6) is 0 Å². The van der Waals surface area contributed by atoms with Crippen molar-refractivity contribution in [1.82, 2.24) is 25.0 Å². The first-order valence-electron chi connectivity index (χ1n) is 12.5. The van der Waals surface area contributed by atoms with E-state index in [0.29, 0.717) is 23.6 Å². The van der Waals surface area contributed by atoms with Gasteiger partial charge in [-0.2, -0.15) is 5.10 Å². The lowest BCUT2D eigenvalue weighted by Gasteiger charge is -2.20. The molecule has 2 heterocycles. The molecule has 204 valence electrons. The molecule has 0 atom stereocenters. The van der Waals surface area contributed by atoms with Crippen LogP contribution in [-0.4, -0.2) is 31.9 Å². The SMILES string of the molecule is Cc1cc(CCn2ccc(C)c(CC(=O)NCc3cc(Cl)ccc3CNC(=O)OC(C)(C)C)c2=O)n(C)n1. The molecule has 9 nitrogen and oxygen atoms in total. The summed E-state index contributed by atoms with van der Waals surface area (Å²) in [7, 11) is 1.88. The molecular weight excluding hydrogens is 506 g/mol. The van der Waals surface area contributed by atoms with E-state index in [4.69, 9.17) is 16.3 Å². The minimum absolute atomic E-state index is 0.0393. The van der Waals surface area contributed by atoms with Crippen molar-refractivity contribution in [3.8, 4) is 0 Å². The number of amides is 2. The maximum atomic E-state index is 13.1. The molecule has 0 aliphatic heterocycles. The lowest BCUT2D eigenvalue weighted by Crippen LogP contribution is -2.33. The molecule has 3 aromatic rings. The standard InChI is InChI=1S/C28H36ClN5O4/c1-18-9-11-34(12-10-23-13-19(2)32-33(23)6)26(36)24(18)15-25(35)30-17-21-14-22(29)8-7-20(21)16-31-27(37)38-28(3,4)5/h7-9,11,13-14H,10,12,15-17H2,1-6H3,(H,30,35)(H,31,37). The zero-order chi connectivity index (χ0) is 28.0. The van der Waals surface area contributed by atoms with E-state index in [9.17, 15) is 14.4 Å². The van der Waals surface area contributed by atoms with Gasteiger partial charge in [0, 0.05) is 55.6 Å². The summed E-state index contributed by atoms with van der Waals surface area (Å²) in [5.74, 6) is -0.281. The molecular formula is C28H36ClN5O4. The number of nitrogens with zero attached hydrogens (tertiary/aromatic N) is 3. The molecule has 0 aliphatic rings. The lowest BCUT2D eigenvalue weighted by molar-refractivity contribution is -0.120. The molecule has 2 aromatic heterocycles. The number of carbonyl (C=O) groups excluding carboxylic acids is 2. The van der Waals surface area contributed by atoms with Crippen LogP contribution in [0.3, 0.4) is 0 Å². The van der Waals surface area contributed by atoms with Gasteiger partial charge < -0.3 is 19.9 Å². The van der Waals surface area contributed by atoms with Gasteiger partial charge in [0.25, 0.3) is 5.56 Å². The van der Waals surface area contributed by atoms with Gasteiger partial charge in [0.2, 0.25) is 5.91 Å². The fourth-order valence-electron chi connectivity index (χ4n) is 4.07. The fraction of sp³-hybridized carbons (Fsp3) is 0.429. The number of pyridine rings is 1. The summed E-state index contributed by atoms with van der Waals surface area (Å²) in [6.07, 6.45) is 1.85. The van der Waals surface area contributed by atoms with Gasteiger partial charge >= 0.3 is 6.09 Å². The summed E-state index contributed by atoms with van der Waals surface area (Å²) in [6, 6.07) is 9.12. The van der Waals surface area contributed by atoms with Crippen LogP contribution in [0.15, 0.2) is 41.3 Å². The predicted molar refractivity (Wildman–Crippen MR) is 147 cm³/mol. The van der Waals surface area contributed by atoms with Gasteiger partial charge in [-0.25, -0.2) is 4.79 Å². The number of benzene rings is 1. The second-order valence-electron chi connectivity index (χ2n) is 10.3. The molecule has 0 bridgehead atoms. The molecule has 38 heavy (non-hydrogen) atoms. The third-order valence-corrected chi connectivity index (χ3v) is 6.25. The maximum absolute atomic E-state index is 13.1. The smallest absolute Gasteiger partial charge is 0.407 e. The van der Waals surface area contributed by atoms with Crippen molar-refractivity contribution in [2.45, 2.75) is 72.7 Å². The minimum atomic E-state index is -0.605. The number of hydrogen-bond donors (Lipinski definition) is 2. The fourth-order valence-corrected chi connectivity index (χ4v) is 4.26. The van der Waals surface area contributed by atoms with Gasteiger partial charge in [0.1, 0.15) is 5.60 Å². The Hall–Kier alpha value is -3.59. The molecule has 0 radical (unpaired) electrons. The Morgan fingerprint density at radius 2 is 1.76 bits per heavy atom. The van der Waals surface area contributed by atoms with E-state index >= 15 is 0 Å². The molecule has 1 aromatic carbocycles. The number of carbonyl (C=O) groups is 2. The molecule has 10 heteroatoms.